The van der Waals surface area contributed by atoms with Gasteiger partial charge in [0.15, 0.2) is 0 Å². The first-order valence-electron chi connectivity index (χ1n) is 6.34. The first-order chi connectivity index (χ1) is 9.83. The maximum absolute atomic E-state index is 12.1. The third-order valence-electron chi connectivity index (χ3n) is 2.84. The minimum Gasteiger partial charge on any atom is -0.445 e. The lowest BCUT2D eigenvalue weighted by Crippen LogP contribution is -2.19. The molecule has 21 heavy (non-hydrogen) atoms. The van der Waals surface area contributed by atoms with Gasteiger partial charge in [-0.25, -0.2) is 4.98 Å². The molecule has 0 bridgehead atoms. The Hall–Kier alpha value is -2.02. The zero-order valence-corrected chi connectivity index (χ0v) is 11.6. The molecule has 2 aromatic rings. The lowest BCUT2D eigenvalue weighted by Gasteiger charge is -2.14. The number of ether oxygens (including phenoxy) is 1. The summed E-state index contributed by atoms with van der Waals surface area (Å²) in [6, 6.07) is 5.68. The highest BCUT2D eigenvalue weighted by Gasteiger charge is 2.30. The van der Waals surface area contributed by atoms with Crippen LogP contribution in [0.3, 0.4) is 0 Å². The standard InChI is InChI=1S/C14H15F3N2O2/c1-9-7-19-13(20-9)8-18-10(2)11-3-5-12(6-4-11)21-14(15,16)17/h3-7,10,18H,8H2,1-2H3. The molecule has 1 atom stereocenters. The predicted molar refractivity (Wildman–Crippen MR) is 69.6 cm³/mol. The molecule has 0 saturated carbocycles. The van der Waals surface area contributed by atoms with Gasteiger partial charge in [-0.1, -0.05) is 12.1 Å². The van der Waals surface area contributed by atoms with E-state index in [1.165, 1.54) is 12.1 Å². The van der Waals surface area contributed by atoms with Crippen LogP contribution in [0.4, 0.5) is 13.2 Å². The monoisotopic (exact) mass is 300 g/mol. The number of rotatable bonds is 5. The average molecular weight is 300 g/mol. The molecule has 0 amide bonds. The van der Waals surface area contributed by atoms with E-state index in [0.717, 1.165) is 11.3 Å². The Morgan fingerprint density at radius 2 is 1.95 bits per heavy atom. The molecule has 0 aliphatic rings. The summed E-state index contributed by atoms with van der Waals surface area (Å²) in [6.07, 6.45) is -3.04. The number of alkyl halides is 3. The van der Waals surface area contributed by atoms with E-state index in [1.54, 1.807) is 25.3 Å². The molecule has 1 unspecified atom stereocenters. The summed E-state index contributed by atoms with van der Waals surface area (Å²) >= 11 is 0. The maximum atomic E-state index is 12.1. The molecular weight excluding hydrogens is 285 g/mol. The van der Waals surface area contributed by atoms with Gasteiger partial charge in [-0.15, -0.1) is 13.2 Å². The van der Waals surface area contributed by atoms with Crippen LogP contribution in [0.5, 0.6) is 5.75 Å². The van der Waals surface area contributed by atoms with Crippen LogP contribution < -0.4 is 10.1 Å². The third-order valence-corrected chi connectivity index (χ3v) is 2.84. The van der Waals surface area contributed by atoms with E-state index in [1.807, 2.05) is 6.92 Å². The molecule has 1 heterocycles. The van der Waals surface area contributed by atoms with Gasteiger partial charge in [0.25, 0.3) is 0 Å². The molecule has 0 spiro atoms. The van der Waals surface area contributed by atoms with Crippen molar-refractivity contribution in [2.24, 2.45) is 0 Å². The fourth-order valence-corrected chi connectivity index (χ4v) is 1.80. The number of nitrogens with zero attached hydrogens (tertiary/aromatic N) is 1. The van der Waals surface area contributed by atoms with Crippen LogP contribution in [-0.2, 0) is 6.54 Å². The molecular formula is C14H15F3N2O2. The Morgan fingerprint density at radius 1 is 1.29 bits per heavy atom. The molecule has 2 rings (SSSR count). The van der Waals surface area contributed by atoms with E-state index in [9.17, 15) is 13.2 Å². The summed E-state index contributed by atoms with van der Waals surface area (Å²) in [5, 5.41) is 3.18. The molecule has 0 aliphatic heterocycles. The number of oxazole rings is 1. The van der Waals surface area contributed by atoms with Crippen molar-refractivity contribution in [1.29, 1.82) is 0 Å². The van der Waals surface area contributed by atoms with Crippen molar-refractivity contribution in [1.82, 2.24) is 10.3 Å². The number of hydrogen-bond acceptors (Lipinski definition) is 4. The van der Waals surface area contributed by atoms with Crippen LogP contribution in [0.15, 0.2) is 34.9 Å². The lowest BCUT2D eigenvalue weighted by molar-refractivity contribution is -0.274. The maximum Gasteiger partial charge on any atom is 0.573 e. The summed E-state index contributed by atoms with van der Waals surface area (Å²) in [5.74, 6) is 1.06. The normalized spacial score (nSPS) is 13.2. The van der Waals surface area contributed by atoms with Gasteiger partial charge >= 0.3 is 6.36 Å². The van der Waals surface area contributed by atoms with E-state index in [0.29, 0.717) is 12.4 Å². The van der Waals surface area contributed by atoms with Gasteiger partial charge in [0.2, 0.25) is 5.89 Å². The molecule has 1 N–H and O–H groups in total. The largest absolute Gasteiger partial charge is 0.573 e. The molecule has 0 fully saturated rings. The van der Waals surface area contributed by atoms with Gasteiger partial charge in [-0.2, -0.15) is 0 Å². The smallest absolute Gasteiger partial charge is 0.445 e. The molecule has 0 aliphatic carbocycles. The first-order valence-corrected chi connectivity index (χ1v) is 6.34. The second-order valence-electron chi connectivity index (χ2n) is 4.58. The second-order valence-corrected chi connectivity index (χ2v) is 4.58. The fraction of sp³-hybridized carbons (Fsp3) is 0.357. The van der Waals surface area contributed by atoms with Crippen LogP contribution in [0.2, 0.25) is 0 Å². The number of aromatic nitrogens is 1. The number of nitrogens with one attached hydrogen (secondary N) is 1. The van der Waals surface area contributed by atoms with E-state index < -0.39 is 6.36 Å². The fourth-order valence-electron chi connectivity index (χ4n) is 1.80. The highest BCUT2D eigenvalue weighted by Crippen LogP contribution is 2.24. The minimum absolute atomic E-state index is 0.0582. The average Bonchev–Trinajstić information content (AvgIpc) is 2.81. The van der Waals surface area contributed by atoms with Gasteiger partial charge in [0, 0.05) is 6.04 Å². The van der Waals surface area contributed by atoms with E-state index in [4.69, 9.17) is 4.42 Å². The number of aryl methyl sites for hydroxylation is 1. The summed E-state index contributed by atoms with van der Waals surface area (Å²) in [6.45, 7) is 4.14. The topological polar surface area (TPSA) is 47.3 Å². The molecule has 4 nitrogen and oxygen atoms in total. The summed E-state index contributed by atoms with van der Waals surface area (Å²) in [4.78, 5) is 4.06. The van der Waals surface area contributed by atoms with Crippen LogP contribution in [0.1, 0.15) is 30.2 Å². The Kier molecular flexibility index (Phi) is 4.52. The van der Waals surface area contributed by atoms with Gasteiger partial charge in [-0.3, -0.25) is 0 Å². The second kappa shape index (κ2) is 6.17. The van der Waals surface area contributed by atoms with Crippen LogP contribution in [0.25, 0.3) is 0 Å². The number of halogens is 3. The number of hydrogen-bond donors (Lipinski definition) is 1. The quantitative estimate of drug-likeness (QED) is 0.914. The van der Waals surface area contributed by atoms with Crippen LogP contribution in [0, 0.1) is 6.92 Å². The van der Waals surface area contributed by atoms with Crippen molar-refractivity contribution >= 4 is 0 Å². The molecule has 1 aromatic heterocycles. The Balaban J connectivity index is 1.91. The summed E-state index contributed by atoms with van der Waals surface area (Å²) < 4.78 is 45.3. The summed E-state index contributed by atoms with van der Waals surface area (Å²) in [7, 11) is 0. The van der Waals surface area contributed by atoms with Gasteiger partial charge < -0.3 is 14.5 Å². The van der Waals surface area contributed by atoms with Crippen LogP contribution >= 0.6 is 0 Å². The van der Waals surface area contributed by atoms with Crippen molar-refractivity contribution in [3.8, 4) is 5.75 Å². The molecule has 0 radical (unpaired) electrons. The Bertz CT molecular complexity index is 579. The summed E-state index contributed by atoms with van der Waals surface area (Å²) in [5.41, 5.74) is 0.841. The Labute approximate surface area is 119 Å². The van der Waals surface area contributed by atoms with Gasteiger partial charge in [-0.05, 0) is 31.5 Å². The van der Waals surface area contributed by atoms with Gasteiger partial charge in [0.1, 0.15) is 11.5 Å². The molecule has 1 aromatic carbocycles. The van der Waals surface area contributed by atoms with E-state index in [2.05, 4.69) is 15.0 Å². The first kappa shape index (κ1) is 15.4. The zero-order valence-electron chi connectivity index (χ0n) is 11.6. The number of benzene rings is 1. The van der Waals surface area contributed by atoms with Gasteiger partial charge in [0.05, 0.1) is 12.7 Å². The Morgan fingerprint density at radius 3 is 2.48 bits per heavy atom. The lowest BCUT2D eigenvalue weighted by atomic mass is 10.1. The minimum atomic E-state index is -4.67. The molecule has 7 heteroatoms. The van der Waals surface area contributed by atoms with E-state index in [-0.39, 0.29) is 11.8 Å². The highest BCUT2D eigenvalue weighted by molar-refractivity contribution is 5.29. The molecule has 0 saturated heterocycles. The highest BCUT2D eigenvalue weighted by atomic mass is 19.4. The van der Waals surface area contributed by atoms with Crippen molar-refractivity contribution in [3.63, 3.8) is 0 Å². The molecule has 114 valence electrons. The zero-order chi connectivity index (χ0) is 15.5. The van der Waals surface area contributed by atoms with E-state index >= 15 is 0 Å². The SMILES string of the molecule is Cc1cnc(CNC(C)c2ccc(OC(F)(F)F)cc2)o1. The van der Waals surface area contributed by atoms with Crippen LogP contribution in [-0.4, -0.2) is 11.3 Å². The van der Waals surface area contributed by atoms with Crippen molar-refractivity contribution < 1.29 is 22.3 Å². The predicted octanol–water partition coefficient (Wildman–Crippen LogP) is 3.73. The van der Waals surface area contributed by atoms with Crippen molar-refractivity contribution in [3.05, 3.63) is 47.7 Å². The van der Waals surface area contributed by atoms with Crippen molar-refractivity contribution in [2.45, 2.75) is 32.8 Å². The van der Waals surface area contributed by atoms with Crippen molar-refractivity contribution in [2.75, 3.05) is 0 Å². The third kappa shape index (κ3) is 4.78.